The standard InChI is InChI=1S/C18H14N4O4/c1-2-26-18(25)14-9-20-21-22(14)13-5-3-4-10-6-7-11-12(17(23)24)8-19-16(11)15(10)13/h3-9,19H,2H2,1H3,(H,23,24). The molecule has 0 aliphatic carbocycles. The van der Waals surface area contributed by atoms with Gasteiger partial charge in [-0.2, -0.15) is 0 Å². The van der Waals surface area contributed by atoms with E-state index < -0.39 is 11.9 Å². The molecule has 0 spiro atoms. The number of hydrogen-bond donors (Lipinski definition) is 2. The molecule has 0 aliphatic heterocycles. The van der Waals surface area contributed by atoms with Crippen LogP contribution in [-0.2, 0) is 4.74 Å². The molecule has 2 aromatic heterocycles. The van der Waals surface area contributed by atoms with Crippen LogP contribution in [0, 0.1) is 0 Å². The number of hydrogen-bond acceptors (Lipinski definition) is 5. The number of H-pyrrole nitrogens is 1. The summed E-state index contributed by atoms with van der Waals surface area (Å²) in [5.74, 6) is -1.54. The molecule has 0 saturated heterocycles. The number of ether oxygens (including phenoxy) is 1. The number of aromatic amines is 1. The van der Waals surface area contributed by atoms with Crippen LogP contribution >= 0.6 is 0 Å². The summed E-state index contributed by atoms with van der Waals surface area (Å²) in [5, 5.41) is 19.4. The van der Waals surface area contributed by atoms with Gasteiger partial charge in [0.25, 0.3) is 0 Å². The first kappa shape index (κ1) is 15.8. The summed E-state index contributed by atoms with van der Waals surface area (Å²) in [6.45, 7) is 1.96. The van der Waals surface area contributed by atoms with Gasteiger partial charge in [-0.1, -0.05) is 29.5 Å². The first-order valence-corrected chi connectivity index (χ1v) is 7.96. The molecule has 0 aliphatic rings. The van der Waals surface area contributed by atoms with Gasteiger partial charge in [0.05, 0.1) is 29.6 Å². The number of rotatable bonds is 4. The van der Waals surface area contributed by atoms with Crippen LogP contribution < -0.4 is 0 Å². The van der Waals surface area contributed by atoms with Crippen LogP contribution in [0.15, 0.2) is 42.7 Å². The number of carboxylic acids is 1. The molecule has 0 unspecified atom stereocenters. The molecule has 2 N–H and O–H groups in total. The molecule has 2 heterocycles. The number of benzene rings is 2. The van der Waals surface area contributed by atoms with Crippen LogP contribution in [0.25, 0.3) is 27.4 Å². The van der Waals surface area contributed by atoms with Gasteiger partial charge in [-0.3, -0.25) is 0 Å². The Morgan fingerprint density at radius 2 is 2.12 bits per heavy atom. The Morgan fingerprint density at radius 1 is 1.27 bits per heavy atom. The molecule has 8 heteroatoms. The average Bonchev–Trinajstić information content (AvgIpc) is 3.28. The molecular weight excluding hydrogens is 336 g/mol. The second kappa shape index (κ2) is 5.99. The third-order valence-electron chi connectivity index (χ3n) is 4.17. The van der Waals surface area contributed by atoms with Gasteiger partial charge in [-0.05, 0) is 18.4 Å². The van der Waals surface area contributed by atoms with Crippen molar-refractivity contribution in [2.24, 2.45) is 0 Å². The van der Waals surface area contributed by atoms with Gasteiger partial charge < -0.3 is 14.8 Å². The van der Waals surface area contributed by atoms with Crippen LogP contribution in [0.5, 0.6) is 0 Å². The summed E-state index contributed by atoms with van der Waals surface area (Å²) < 4.78 is 6.46. The number of nitrogens with zero attached hydrogens (tertiary/aromatic N) is 3. The van der Waals surface area contributed by atoms with Crippen molar-refractivity contribution in [3.05, 3.63) is 54.0 Å². The van der Waals surface area contributed by atoms with Gasteiger partial charge in [0, 0.05) is 17.0 Å². The Hall–Kier alpha value is -3.68. The predicted molar refractivity (Wildman–Crippen MR) is 93.6 cm³/mol. The lowest BCUT2D eigenvalue weighted by molar-refractivity contribution is 0.0515. The maximum Gasteiger partial charge on any atom is 0.358 e. The Kier molecular flexibility index (Phi) is 3.65. The van der Waals surface area contributed by atoms with Crippen molar-refractivity contribution in [2.75, 3.05) is 6.61 Å². The Balaban J connectivity index is 2.03. The van der Waals surface area contributed by atoms with E-state index in [0.29, 0.717) is 16.6 Å². The van der Waals surface area contributed by atoms with Crippen molar-refractivity contribution < 1.29 is 19.4 Å². The van der Waals surface area contributed by atoms with Gasteiger partial charge in [0.1, 0.15) is 0 Å². The zero-order valence-corrected chi connectivity index (χ0v) is 13.8. The van der Waals surface area contributed by atoms with Gasteiger partial charge in [0.15, 0.2) is 5.69 Å². The SMILES string of the molecule is CCOC(=O)c1cnnn1-c1cccc2ccc3c(C(=O)O)c[nH]c3c12. The monoisotopic (exact) mass is 350 g/mol. The number of nitrogens with one attached hydrogen (secondary N) is 1. The summed E-state index contributed by atoms with van der Waals surface area (Å²) in [6.07, 6.45) is 2.80. The lowest BCUT2D eigenvalue weighted by Gasteiger charge is -2.10. The highest BCUT2D eigenvalue weighted by atomic mass is 16.5. The second-order valence-electron chi connectivity index (χ2n) is 5.62. The quantitative estimate of drug-likeness (QED) is 0.548. The number of fused-ring (bicyclic) bond motifs is 3. The molecule has 26 heavy (non-hydrogen) atoms. The molecule has 0 atom stereocenters. The van der Waals surface area contributed by atoms with E-state index >= 15 is 0 Å². The smallest absolute Gasteiger partial charge is 0.358 e. The van der Waals surface area contributed by atoms with E-state index in [1.165, 1.54) is 17.1 Å². The van der Waals surface area contributed by atoms with Crippen LogP contribution in [0.2, 0.25) is 0 Å². The van der Waals surface area contributed by atoms with Crippen LogP contribution in [-0.4, -0.2) is 43.6 Å². The van der Waals surface area contributed by atoms with Crippen LogP contribution in [0.1, 0.15) is 27.8 Å². The molecule has 0 amide bonds. The molecule has 2 aromatic carbocycles. The molecule has 8 nitrogen and oxygen atoms in total. The van der Waals surface area contributed by atoms with E-state index in [0.717, 1.165) is 10.8 Å². The Bertz CT molecular complexity index is 1160. The molecule has 0 saturated carbocycles. The molecule has 4 aromatic rings. The summed E-state index contributed by atoms with van der Waals surface area (Å²) in [4.78, 5) is 26.6. The number of aromatic nitrogens is 4. The second-order valence-corrected chi connectivity index (χ2v) is 5.62. The van der Waals surface area contributed by atoms with Crippen LogP contribution in [0.4, 0.5) is 0 Å². The minimum Gasteiger partial charge on any atom is -0.478 e. The minimum absolute atomic E-state index is 0.181. The maximum absolute atomic E-state index is 12.2. The van der Waals surface area contributed by atoms with Crippen molar-refractivity contribution >= 4 is 33.6 Å². The number of carbonyl (C=O) groups is 2. The van der Waals surface area contributed by atoms with E-state index in [-0.39, 0.29) is 17.9 Å². The van der Waals surface area contributed by atoms with Crippen LogP contribution in [0.3, 0.4) is 0 Å². The van der Waals surface area contributed by atoms with Crippen molar-refractivity contribution in [3.8, 4) is 5.69 Å². The van der Waals surface area contributed by atoms with Crippen molar-refractivity contribution in [2.45, 2.75) is 6.92 Å². The zero-order chi connectivity index (χ0) is 18.3. The topological polar surface area (TPSA) is 110 Å². The van der Waals surface area contributed by atoms with E-state index in [1.54, 1.807) is 19.1 Å². The highest BCUT2D eigenvalue weighted by Gasteiger charge is 2.20. The predicted octanol–water partition coefficient (Wildman–Crippen LogP) is 2.78. The highest BCUT2D eigenvalue weighted by Crippen LogP contribution is 2.31. The molecule has 0 bridgehead atoms. The van der Waals surface area contributed by atoms with E-state index in [9.17, 15) is 14.7 Å². The third-order valence-corrected chi connectivity index (χ3v) is 4.17. The summed E-state index contributed by atoms with van der Waals surface area (Å²) in [5.41, 5.74) is 1.63. The zero-order valence-electron chi connectivity index (χ0n) is 13.8. The summed E-state index contributed by atoms with van der Waals surface area (Å²) in [6, 6.07) is 9.12. The Morgan fingerprint density at radius 3 is 2.88 bits per heavy atom. The largest absolute Gasteiger partial charge is 0.478 e. The number of esters is 1. The Labute approximate surface area is 147 Å². The average molecular weight is 350 g/mol. The molecule has 0 radical (unpaired) electrons. The third kappa shape index (κ3) is 2.31. The first-order chi connectivity index (χ1) is 12.6. The molecule has 0 fully saturated rings. The summed E-state index contributed by atoms with van der Waals surface area (Å²) in [7, 11) is 0. The van der Waals surface area contributed by atoms with Crippen molar-refractivity contribution in [3.63, 3.8) is 0 Å². The summed E-state index contributed by atoms with van der Waals surface area (Å²) >= 11 is 0. The number of carboxylic acid groups (broad SMARTS) is 1. The van der Waals surface area contributed by atoms with E-state index in [1.807, 2.05) is 18.2 Å². The maximum atomic E-state index is 12.2. The molecule has 130 valence electrons. The van der Waals surface area contributed by atoms with Crippen molar-refractivity contribution in [1.29, 1.82) is 0 Å². The number of carbonyl (C=O) groups excluding carboxylic acids is 1. The van der Waals surface area contributed by atoms with Gasteiger partial charge in [-0.15, -0.1) is 5.10 Å². The lowest BCUT2D eigenvalue weighted by atomic mass is 10.0. The van der Waals surface area contributed by atoms with Crippen molar-refractivity contribution in [1.82, 2.24) is 20.0 Å². The molecule has 4 rings (SSSR count). The van der Waals surface area contributed by atoms with E-state index in [2.05, 4.69) is 15.3 Å². The van der Waals surface area contributed by atoms with Gasteiger partial charge >= 0.3 is 11.9 Å². The number of aromatic carboxylic acids is 1. The van der Waals surface area contributed by atoms with E-state index in [4.69, 9.17) is 4.74 Å². The normalized spacial score (nSPS) is 11.1. The lowest BCUT2D eigenvalue weighted by Crippen LogP contribution is -2.12. The fourth-order valence-corrected chi connectivity index (χ4v) is 3.07. The fourth-order valence-electron chi connectivity index (χ4n) is 3.07. The first-order valence-electron chi connectivity index (χ1n) is 7.96. The minimum atomic E-state index is -1.01. The van der Waals surface area contributed by atoms with Gasteiger partial charge in [0.2, 0.25) is 0 Å². The molecular formula is C18H14N4O4. The van der Waals surface area contributed by atoms with Gasteiger partial charge in [-0.25, -0.2) is 14.3 Å². The highest BCUT2D eigenvalue weighted by molar-refractivity contribution is 6.15. The fraction of sp³-hybridized carbons (Fsp3) is 0.111.